The number of sulfonamides is 1. The normalized spacial score (nSPS) is 16.5. The Morgan fingerprint density at radius 3 is 2.25 bits per heavy atom. The summed E-state index contributed by atoms with van der Waals surface area (Å²) in [6.07, 6.45) is -2.93. The van der Waals surface area contributed by atoms with Gasteiger partial charge in [0.1, 0.15) is 12.0 Å². The number of nitrogens with zero attached hydrogens (tertiary/aromatic N) is 5. The zero-order chi connectivity index (χ0) is 23.3. The zero-order valence-corrected chi connectivity index (χ0v) is 18.0. The van der Waals surface area contributed by atoms with Crippen molar-refractivity contribution in [3.05, 3.63) is 52.7 Å². The molecule has 0 bridgehead atoms. The van der Waals surface area contributed by atoms with Gasteiger partial charge in [-0.25, -0.2) is 22.9 Å². The number of aromatic nitrogens is 4. The molecule has 2 aromatic heterocycles. The number of hydrogen-bond acceptors (Lipinski definition) is 6. The van der Waals surface area contributed by atoms with Crippen molar-refractivity contribution in [3.8, 4) is 11.3 Å². The number of aryl methyl sites for hydroxylation is 1. The van der Waals surface area contributed by atoms with E-state index < -0.39 is 33.8 Å². The van der Waals surface area contributed by atoms with Crippen molar-refractivity contribution in [1.29, 1.82) is 0 Å². The maximum Gasteiger partial charge on any atom is 0.451 e. The van der Waals surface area contributed by atoms with Gasteiger partial charge in [-0.2, -0.15) is 17.5 Å². The average molecular weight is 471 g/mol. The van der Waals surface area contributed by atoms with Crippen LogP contribution in [-0.4, -0.2) is 45.1 Å². The Balaban J connectivity index is 1.49. The van der Waals surface area contributed by atoms with Crippen LogP contribution in [0.1, 0.15) is 30.6 Å². The van der Waals surface area contributed by atoms with Crippen LogP contribution in [0.25, 0.3) is 11.3 Å². The van der Waals surface area contributed by atoms with E-state index in [0.717, 1.165) is 11.7 Å². The minimum absolute atomic E-state index is 0.0571. The first-order valence-electron chi connectivity index (χ1n) is 9.74. The lowest BCUT2D eigenvalue weighted by Crippen LogP contribution is -2.41. The Morgan fingerprint density at radius 2 is 1.75 bits per heavy atom. The maximum atomic E-state index is 13.0. The molecule has 0 atom stereocenters. The molecule has 0 N–H and O–H groups in total. The Kier molecular flexibility index (Phi) is 5.49. The smallest absolute Gasteiger partial charge is 0.449 e. The van der Waals surface area contributed by atoms with Crippen molar-refractivity contribution in [2.45, 2.75) is 36.9 Å². The number of oxazole rings is 1. The molecule has 1 aliphatic rings. The van der Waals surface area contributed by atoms with Gasteiger partial charge in [-0.3, -0.25) is 4.57 Å². The fourth-order valence-corrected chi connectivity index (χ4v) is 5.18. The first kappa shape index (κ1) is 22.3. The molecule has 4 rings (SSSR count). The summed E-state index contributed by atoms with van der Waals surface area (Å²) in [7, 11) is -2.79. The monoisotopic (exact) mass is 471 g/mol. The minimum atomic E-state index is -4.75. The van der Waals surface area contributed by atoms with Gasteiger partial charge in [-0.1, -0.05) is 12.1 Å². The molecule has 0 saturated carbocycles. The molecular weight excluding hydrogens is 451 g/mol. The van der Waals surface area contributed by atoms with Crippen molar-refractivity contribution in [1.82, 2.24) is 23.6 Å². The molecule has 3 aromatic rings. The summed E-state index contributed by atoms with van der Waals surface area (Å²) in [6.45, 7) is 1.82. The fraction of sp³-hybridized carbons (Fsp3) is 0.421. The summed E-state index contributed by atoms with van der Waals surface area (Å²) in [5.74, 6) is -0.783. The number of alkyl halides is 3. The molecular formula is C19H20F3N5O4S. The lowest BCUT2D eigenvalue weighted by Gasteiger charge is -2.30. The van der Waals surface area contributed by atoms with Crippen molar-refractivity contribution in [3.63, 3.8) is 0 Å². The molecule has 1 aliphatic heterocycles. The van der Waals surface area contributed by atoms with Crippen LogP contribution in [-0.2, 0) is 23.2 Å². The molecule has 0 radical (unpaired) electrons. The molecule has 9 nitrogen and oxygen atoms in total. The fourth-order valence-electron chi connectivity index (χ4n) is 3.71. The van der Waals surface area contributed by atoms with Gasteiger partial charge in [-0.05, 0) is 25.0 Å². The molecule has 1 fully saturated rings. The van der Waals surface area contributed by atoms with Crippen LogP contribution in [0.3, 0.4) is 0 Å². The number of piperidine rings is 1. The van der Waals surface area contributed by atoms with Crippen LogP contribution in [0.15, 0.2) is 44.6 Å². The van der Waals surface area contributed by atoms with Gasteiger partial charge in [0.2, 0.25) is 15.8 Å². The molecule has 0 spiro atoms. The molecule has 3 heterocycles. The second-order valence-electron chi connectivity index (χ2n) is 7.52. The molecule has 1 aromatic carbocycles. The Morgan fingerprint density at radius 1 is 1.12 bits per heavy atom. The Bertz CT molecular complexity index is 1280. The standard InChI is InChI=1S/C19H20F3N5O4S/c1-12-23-16(11-31-12)13-3-5-15(6-4-13)32(29,30)26-9-7-14(8-10-26)27-18(28)25(2)17(24-27)19(20,21)22/h3-6,11,14H,7-10H2,1-2H3. The third kappa shape index (κ3) is 3.97. The topological polar surface area (TPSA) is 103 Å². The van der Waals surface area contributed by atoms with Crippen molar-refractivity contribution in [2.75, 3.05) is 13.1 Å². The highest BCUT2D eigenvalue weighted by molar-refractivity contribution is 7.89. The van der Waals surface area contributed by atoms with Crippen molar-refractivity contribution >= 4 is 10.0 Å². The summed E-state index contributed by atoms with van der Waals surface area (Å²) in [5, 5.41) is 3.45. The van der Waals surface area contributed by atoms with E-state index in [1.165, 1.54) is 22.7 Å². The quantitative estimate of drug-likeness (QED) is 0.580. The van der Waals surface area contributed by atoms with E-state index >= 15 is 0 Å². The maximum absolute atomic E-state index is 13.0. The first-order valence-corrected chi connectivity index (χ1v) is 11.2. The number of rotatable bonds is 4. The molecule has 0 aliphatic carbocycles. The van der Waals surface area contributed by atoms with Gasteiger partial charge in [0, 0.05) is 32.6 Å². The SMILES string of the molecule is Cc1nc(-c2ccc(S(=O)(=O)N3CCC(n4nc(C(F)(F)F)n(C)c4=O)CC3)cc2)co1. The van der Waals surface area contributed by atoms with Crippen LogP contribution < -0.4 is 5.69 Å². The molecule has 32 heavy (non-hydrogen) atoms. The van der Waals surface area contributed by atoms with E-state index in [1.54, 1.807) is 19.1 Å². The highest BCUT2D eigenvalue weighted by atomic mass is 32.2. The van der Waals surface area contributed by atoms with Crippen LogP contribution in [0.5, 0.6) is 0 Å². The summed E-state index contributed by atoms with van der Waals surface area (Å²) in [6, 6.07) is 5.58. The third-order valence-corrected chi connectivity index (χ3v) is 7.35. The predicted octanol–water partition coefficient (Wildman–Crippen LogP) is 2.59. The lowest BCUT2D eigenvalue weighted by molar-refractivity contribution is -0.147. The Labute approximate surface area is 181 Å². The largest absolute Gasteiger partial charge is 0.451 e. The summed E-state index contributed by atoms with van der Waals surface area (Å²) in [5.41, 5.74) is 0.415. The Hall–Kier alpha value is -2.93. The van der Waals surface area contributed by atoms with Crippen LogP contribution in [0, 0.1) is 6.92 Å². The zero-order valence-electron chi connectivity index (χ0n) is 17.2. The van der Waals surface area contributed by atoms with E-state index in [1.807, 2.05) is 0 Å². The van der Waals surface area contributed by atoms with E-state index in [2.05, 4.69) is 10.1 Å². The third-order valence-electron chi connectivity index (χ3n) is 5.43. The van der Waals surface area contributed by atoms with Gasteiger partial charge in [0.05, 0.1) is 10.9 Å². The second kappa shape index (κ2) is 7.89. The minimum Gasteiger partial charge on any atom is -0.449 e. The number of halogens is 3. The summed E-state index contributed by atoms with van der Waals surface area (Å²) < 4.78 is 72.7. The van der Waals surface area contributed by atoms with E-state index in [9.17, 15) is 26.4 Å². The molecule has 172 valence electrons. The highest BCUT2D eigenvalue weighted by Crippen LogP contribution is 2.30. The molecule has 0 unspecified atom stereocenters. The second-order valence-corrected chi connectivity index (χ2v) is 9.46. The first-order chi connectivity index (χ1) is 15.0. The van der Waals surface area contributed by atoms with Gasteiger partial charge >= 0.3 is 11.9 Å². The number of benzene rings is 1. The number of hydrogen-bond donors (Lipinski definition) is 0. The lowest BCUT2D eigenvalue weighted by atomic mass is 10.1. The summed E-state index contributed by atoms with van der Waals surface area (Å²) >= 11 is 0. The molecule has 1 saturated heterocycles. The average Bonchev–Trinajstić information content (AvgIpc) is 3.31. The van der Waals surface area contributed by atoms with E-state index in [-0.39, 0.29) is 30.8 Å². The van der Waals surface area contributed by atoms with Crippen molar-refractivity contribution < 1.29 is 26.0 Å². The van der Waals surface area contributed by atoms with Crippen LogP contribution in [0.2, 0.25) is 0 Å². The van der Waals surface area contributed by atoms with E-state index in [0.29, 0.717) is 21.7 Å². The highest BCUT2D eigenvalue weighted by Gasteiger charge is 2.39. The molecule has 0 amide bonds. The van der Waals surface area contributed by atoms with E-state index in [4.69, 9.17) is 4.42 Å². The summed E-state index contributed by atoms with van der Waals surface area (Å²) in [4.78, 5) is 16.5. The van der Waals surface area contributed by atoms with Gasteiger partial charge in [0.25, 0.3) is 0 Å². The van der Waals surface area contributed by atoms with Crippen LogP contribution >= 0.6 is 0 Å². The van der Waals surface area contributed by atoms with Crippen LogP contribution in [0.4, 0.5) is 13.2 Å². The van der Waals surface area contributed by atoms with Gasteiger partial charge < -0.3 is 4.42 Å². The predicted molar refractivity (Wildman–Crippen MR) is 106 cm³/mol. The molecule has 13 heteroatoms. The van der Waals surface area contributed by atoms with Gasteiger partial charge in [-0.15, -0.1) is 5.10 Å². The van der Waals surface area contributed by atoms with Crippen molar-refractivity contribution in [2.24, 2.45) is 7.05 Å². The van der Waals surface area contributed by atoms with Gasteiger partial charge in [0.15, 0.2) is 5.89 Å².